The van der Waals surface area contributed by atoms with Crippen LogP contribution in [0.2, 0.25) is 0 Å². The van der Waals surface area contributed by atoms with Crippen LogP contribution in [0.3, 0.4) is 0 Å². The second-order valence-electron chi connectivity index (χ2n) is 4.22. The molecule has 3 rings (SSSR count). The molecule has 3 heteroatoms. The molecule has 1 heterocycles. The Morgan fingerprint density at radius 2 is 2.25 bits per heavy atom. The van der Waals surface area contributed by atoms with Gasteiger partial charge < -0.3 is 4.42 Å². The van der Waals surface area contributed by atoms with Crippen molar-refractivity contribution in [1.82, 2.24) is 0 Å². The molecule has 1 aliphatic carbocycles. The van der Waals surface area contributed by atoms with Gasteiger partial charge >= 0.3 is 0 Å². The summed E-state index contributed by atoms with van der Waals surface area (Å²) in [4.78, 5) is 11.6. The van der Waals surface area contributed by atoms with Gasteiger partial charge in [0.05, 0.1) is 5.92 Å². The van der Waals surface area contributed by atoms with Gasteiger partial charge in [-0.1, -0.05) is 12.1 Å². The summed E-state index contributed by atoms with van der Waals surface area (Å²) in [5.74, 6) is 0.295. The number of fused-ring (bicyclic) bond motifs is 1. The number of halogens is 1. The summed E-state index contributed by atoms with van der Waals surface area (Å²) in [5.41, 5.74) is 0.261. The zero-order chi connectivity index (χ0) is 11.1. The minimum atomic E-state index is -0.366. The molecule has 0 radical (unpaired) electrons. The van der Waals surface area contributed by atoms with Gasteiger partial charge in [0.1, 0.15) is 11.5 Å². The molecule has 1 aromatic heterocycles. The topological polar surface area (TPSA) is 30.2 Å². The van der Waals surface area contributed by atoms with E-state index >= 15 is 0 Å². The maximum Gasteiger partial charge on any atom is 0.169 e. The maximum absolute atomic E-state index is 13.4. The molecule has 0 aliphatic heterocycles. The molecule has 1 unspecified atom stereocenters. The summed E-state index contributed by atoms with van der Waals surface area (Å²) in [6.45, 7) is 0. The molecular weight excluding hydrogens is 207 g/mol. The van der Waals surface area contributed by atoms with Crippen LogP contribution in [0.4, 0.5) is 4.39 Å². The fourth-order valence-electron chi connectivity index (χ4n) is 2.34. The molecule has 0 saturated heterocycles. The second-order valence-corrected chi connectivity index (χ2v) is 4.22. The van der Waals surface area contributed by atoms with E-state index in [0.29, 0.717) is 12.2 Å². The smallest absolute Gasteiger partial charge is 0.169 e. The molecule has 1 atom stereocenters. The molecule has 0 N–H and O–H groups in total. The van der Waals surface area contributed by atoms with Crippen LogP contribution in [0.15, 0.2) is 28.7 Å². The zero-order valence-corrected chi connectivity index (χ0v) is 8.70. The Hall–Kier alpha value is -1.64. The van der Waals surface area contributed by atoms with Crippen LogP contribution in [0.5, 0.6) is 0 Å². The SMILES string of the molecule is O=C1CCCC1c1cc2cccc(F)c2o1. The number of hydrogen-bond donors (Lipinski definition) is 0. The van der Waals surface area contributed by atoms with Gasteiger partial charge in [-0.3, -0.25) is 4.79 Å². The Morgan fingerprint density at radius 3 is 2.94 bits per heavy atom. The number of benzene rings is 1. The van der Waals surface area contributed by atoms with Crippen molar-refractivity contribution in [1.29, 1.82) is 0 Å². The predicted molar refractivity (Wildman–Crippen MR) is 57.8 cm³/mol. The fraction of sp³-hybridized carbons (Fsp3) is 0.308. The highest BCUT2D eigenvalue weighted by molar-refractivity contribution is 5.88. The second kappa shape index (κ2) is 3.44. The molecule has 1 fully saturated rings. The van der Waals surface area contributed by atoms with Crippen LogP contribution in [-0.4, -0.2) is 5.78 Å². The first-order chi connectivity index (χ1) is 7.75. The van der Waals surface area contributed by atoms with Gasteiger partial charge in [0.25, 0.3) is 0 Å². The highest BCUT2D eigenvalue weighted by atomic mass is 19.1. The first-order valence-electron chi connectivity index (χ1n) is 5.46. The third kappa shape index (κ3) is 1.35. The van der Waals surface area contributed by atoms with Crippen molar-refractivity contribution in [3.63, 3.8) is 0 Å². The van der Waals surface area contributed by atoms with Gasteiger partial charge in [-0.05, 0) is 25.0 Å². The third-order valence-electron chi connectivity index (χ3n) is 3.16. The van der Waals surface area contributed by atoms with E-state index in [1.165, 1.54) is 6.07 Å². The molecule has 1 aromatic carbocycles. The van der Waals surface area contributed by atoms with Crippen LogP contribution in [0.25, 0.3) is 11.0 Å². The lowest BCUT2D eigenvalue weighted by atomic mass is 10.0. The van der Waals surface area contributed by atoms with E-state index in [4.69, 9.17) is 4.42 Å². The van der Waals surface area contributed by atoms with Crippen molar-refractivity contribution >= 4 is 16.8 Å². The standard InChI is InChI=1S/C13H11FO2/c14-10-5-1-3-8-7-12(16-13(8)10)9-4-2-6-11(9)15/h1,3,5,7,9H,2,4,6H2. The number of carbonyl (C=O) groups excluding carboxylic acids is 1. The maximum atomic E-state index is 13.4. The number of carbonyl (C=O) groups is 1. The molecule has 0 bridgehead atoms. The summed E-state index contributed by atoms with van der Waals surface area (Å²) >= 11 is 0. The van der Waals surface area contributed by atoms with Gasteiger partial charge in [0.2, 0.25) is 0 Å². The van der Waals surface area contributed by atoms with E-state index in [9.17, 15) is 9.18 Å². The van der Waals surface area contributed by atoms with Crippen molar-refractivity contribution in [3.8, 4) is 0 Å². The van der Waals surface area contributed by atoms with Crippen LogP contribution >= 0.6 is 0 Å². The fourth-order valence-corrected chi connectivity index (χ4v) is 2.34. The highest BCUT2D eigenvalue weighted by Crippen LogP contribution is 2.34. The third-order valence-corrected chi connectivity index (χ3v) is 3.16. The first-order valence-corrected chi connectivity index (χ1v) is 5.46. The van der Waals surface area contributed by atoms with E-state index < -0.39 is 0 Å². The van der Waals surface area contributed by atoms with Gasteiger partial charge in [0.15, 0.2) is 11.4 Å². The van der Waals surface area contributed by atoms with Gasteiger partial charge in [-0.25, -0.2) is 4.39 Å². The Morgan fingerprint density at radius 1 is 1.38 bits per heavy atom. The van der Waals surface area contributed by atoms with Crippen LogP contribution in [0, 0.1) is 5.82 Å². The number of hydrogen-bond acceptors (Lipinski definition) is 2. The quantitative estimate of drug-likeness (QED) is 0.734. The number of ketones is 1. The van der Waals surface area contributed by atoms with Gasteiger partial charge in [-0.15, -0.1) is 0 Å². The van der Waals surface area contributed by atoms with Crippen molar-refractivity contribution in [2.24, 2.45) is 0 Å². The van der Waals surface area contributed by atoms with Crippen molar-refractivity contribution in [3.05, 3.63) is 35.8 Å². The van der Waals surface area contributed by atoms with E-state index in [-0.39, 0.29) is 23.1 Å². The van der Waals surface area contributed by atoms with Crippen LogP contribution in [0.1, 0.15) is 30.9 Å². The molecule has 2 nitrogen and oxygen atoms in total. The normalized spacial score (nSPS) is 20.8. The lowest BCUT2D eigenvalue weighted by Gasteiger charge is -2.01. The summed E-state index contributed by atoms with van der Waals surface area (Å²) in [7, 11) is 0. The summed E-state index contributed by atoms with van der Waals surface area (Å²) in [5, 5.41) is 0.731. The average Bonchev–Trinajstić information content (AvgIpc) is 2.84. The molecule has 2 aromatic rings. The van der Waals surface area contributed by atoms with Crippen molar-refractivity contribution < 1.29 is 13.6 Å². The molecule has 0 amide bonds. The predicted octanol–water partition coefficient (Wildman–Crippen LogP) is 3.41. The average molecular weight is 218 g/mol. The number of rotatable bonds is 1. The molecular formula is C13H11FO2. The minimum absolute atomic E-state index is 0.160. The summed E-state index contributed by atoms with van der Waals surface area (Å²) in [6, 6.07) is 6.59. The Bertz CT molecular complexity index is 556. The van der Waals surface area contributed by atoms with Crippen molar-refractivity contribution in [2.75, 3.05) is 0 Å². The summed E-state index contributed by atoms with van der Waals surface area (Å²) < 4.78 is 18.9. The monoisotopic (exact) mass is 218 g/mol. The highest BCUT2D eigenvalue weighted by Gasteiger charge is 2.29. The van der Waals surface area contributed by atoms with Crippen molar-refractivity contribution in [2.45, 2.75) is 25.2 Å². The summed E-state index contributed by atoms with van der Waals surface area (Å²) in [6.07, 6.45) is 2.34. The van der Waals surface area contributed by atoms with E-state index in [1.54, 1.807) is 18.2 Å². The van der Waals surface area contributed by atoms with Gasteiger partial charge in [-0.2, -0.15) is 0 Å². The zero-order valence-electron chi connectivity index (χ0n) is 8.70. The Labute approximate surface area is 92.1 Å². The van der Waals surface area contributed by atoms with E-state index in [1.807, 2.05) is 0 Å². The minimum Gasteiger partial charge on any atom is -0.457 e. The number of Topliss-reactive ketones (excluding diaryl/α,β-unsaturated/α-hetero) is 1. The Balaban J connectivity index is 2.11. The largest absolute Gasteiger partial charge is 0.457 e. The number of para-hydroxylation sites is 1. The molecule has 1 aliphatic rings. The van der Waals surface area contributed by atoms with E-state index in [2.05, 4.69) is 0 Å². The molecule has 16 heavy (non-hydrogen) atoms. The molecule has 0 spiro atoms. The van der Waals surface area contributed by atoms with Gasteiger partial charge in [0, 0.05) is 11.8 Å². The lowest BCUT2D eigenvalue weighted by molar-refractivity contribution is -0.118. The number of furan rings is 1. The molecule has 1 saturated carbocycles. The van der Waals surface area contributed by atoms with Crippen LogP contribution < -0.4 is 0 Å². The van der Waals surface area contributed by atoms with Crippen LogP contribution in [-0.2, 0) is 4.79 Å². The molecule has 82 valence electrons. The lowest BCUT2D eigenvalue weighted by Crippen LogP contribution is -2.02. The Kier molecular flexibility index (Phi) is 2.06. The first kappa shape index (κ1) is 9.58. The van der Waals surface area contributed by atoms with E-state index in [0.717, 1.165) is 18.2 Å².